The van der Waals surface area contributed by atoms with Gasteiger partial charge in [-0.05, 0) is 36.8 Å². The van der Waals surface area contributed by atoms with Gasteiger partial charge in [0.25, 0.3) is 0 Å². The van der Waals surface area contributed by atoms with E-state index in [1.54, 1.807) is 10.7 Å². The predicted octanol–water partition coefficient (Wildman–Crippen LogP) is 4.86. The highest BCUT2D eigenvalue weighted by Gasteiger charge is 2.17. The lowest BCUT2D eigenvalue weighted by molar-refractivity contribution is -0.114. The van der Waals surface area contributed by atoms with Crippen LogP contribution in [0.5, 0.6) is 0 Å². The lowest BCUT2D eigenvalue weighted by atomic mass is 10.1. The second-order valence-corrected chi connectivity index (χ2v) is 7.14. The van der Waals surface area contributed by atoms with E-state index < -0.39 is 0 Å². The van der Waals surface area contributed by atoms with Gasteiger partial charge in [0.2, 0.25) is 5.91 Å². The number of aryl methyl sites for hydroxylation is 2. The van der Waals surface area contributed by atoms with Gasteiger partial charge >= 0.3 is 0 Å². The number of para-hydroxylation sites is 1. The van der Waals surface area contributed by atoms with Gasteiger partial charge in [0.05, 0.1) is 22.9 Å². The maximum absolute atomic E-state index is 12.4. The van der Waals surface area contributed by atoms with Gasteiger partial charge in [-0.15, -0.1) is 0 Å². The summed E-state index contributed by atoms with van der Waals surface area (Å²) in [4.78, 5) is 12.4. The van der Waals surface area contributed by atoms with Crippen LogP contribution in [0.25, 0.3) is 11.1 Å². The molecule has 0 saturated heterocycles. The maximum atomic E-state index is 12.4. The molecule has 134 valence electrons. The van der Waals surface area contributed by atoms with E-state index >= 15 is 0 Å². The Morgan fingerprint density at radius 3 is 2.58 bits per heavy atom. The number of carbonyl (C=O) groups is 1. The Kier molecular flexibility index (Phi) is 5.64. The van der Waals surface area contributed by atoms with Crippen molar-refractivity contribution in [3.05, 3.63) is 63.7 Å². The molecule has 3 rings (SSSR count). The molecule has 2 aromatic carbocycles. The van der Waals surface area contributed by atoms with Crippen LogP contribution in [0.1, 0.15) is 5.69 Å². The van der Waals surface area contributed by atoms with Gasteiger partial charge in [0, 0.05) is 17.1 Å². The van der Waals surface area contributed by atoms with E-state index in [0.717, 1.165) is 27.0 Å². The minimum absolute atomic E-state index is 0.105. The van der Waals surface area contributed by atoms with E-state index in [1.165, 1.54) is 0 Å². The minimum Gasteiger partial charge on any atom is -0.375 e. The van der Waals surface area contributed by atoms with Crippen molar-refractivity contribution in [1.82, 2.24) is 9.78 Å². The highest BCUT2D eigenvalue weighted by molar-refractivity contribution is 9.10. The van der Waals surface area contributed by atoms with Crippen molar-refractivity contribution in [2.45, 2.75) is 6.92 Å². The third kappa shape index (κ3) is 4.08. The maximum Gasteiger partial charge on any atom is 0.244 e. The van der Waals surface area contributed by atoms with Gasteiger partial charge in [-0.2, -0.15) is 5.10 Å². The summed E-state index contributed by atoms with van der Waals surface area (Å²) in [5.74, 6) is 0.488. The number of carbonyl (C=O) groups excluding carboxylic acids is 1. The summed E-state index contributed by atoms with van der Waals surface area (Å²) < 4.78 is 2.68. The zero-order valence-electron chi connectivity index (χ0n) is 14.4. The third-order valence-corrected chi connectivity index (χ3v) is 4.78. The number of benzene rings is 2. The Hall–Kier alpha value is -2.31. The van der Waals surface area contributed by atoms with Crippen LogP contribution in [0.3, 0.4) is 0 Å². The summed E-state index contributed by atoms with van der Waals surface area (Å²) in [6.07, 6.45) is 0. The van der Waals surface area contributed by atoms with E-state index in [0.29, 0.717) is 10.8 Å². The first kappa shape index (κ1) is 18.5. The number of aromatic nitrogens is 2. The summed E-state index contributed by atoms with van der Waals surface area (Å²) in [6, 6.07) is 15.2. The van der Waals surface area contributed by atoms with E-state index in [-0.39, 0.29) is 12.5 Å². The Bertz CT molecular complexity index is 937. The number of hydrogen-bond acceptors (Lipinski definition) is 3. The van der Waals surface area contributed by atoms with E-state index in [9.17, 15) is 4.79 Å². The summed E-state index contributed by atoms with van der Waals surface area (Å²) in [6.45, 7) is 2.03. The first-order valence-electron chi connectivity index (χ1n) is 8.03. The van der Waals surface area contributed by atoms with Crippen molar-refractivity contribution < 1.29 is 4.79 Å². The SMILES string of the molecule is Cc1nn(C)c(NC(=O)CNc2ccccc2Cl)c1-c1ccc(Br)cc1. The molecule has 5 nitrogen and oxygen atoms in total. The van der Waals surface area contributed by atoms with E-state index in [2.05, 4.69) is 31.7 Å². The molecule has 0 radical (unpaired) electrons. The zero-order valence-corrected chi connectivity index (χ0v) is 16.7. The number of amides is 1. The fourth-order valence-corrected chi connectivity index (χ4v) is 3.19. The molecule has 0 unspecified atom stereocenters. The highest BCUT2D eigenvalue weighted by atomic mass is 79.9. The van der Waals surface area contributed by atoms with Gasteiger partial charge < -0.3 is 10.6 Å². The molecule has 0 aliphatic rings. The second kappa shape index (κ2) is 7.93. The number of nitrogens with one attached hydrogen (secondary N) is 2. The molecule has 1 aromatic heterocycles. The van der Waals surface area contributed by atoms with Gasteiger partial charge in [-0.25, -0.2) is 0 Å². The predicted molar refractivity (Wildman–Crippen MR) is 110 cm³/mol. The molecule has 26 heavy (non-hydrogen) atoms. The topological polar surface area (TPSA) is 59.0 Å². The van der Waals surface area contributed by atoms with Crippen molar-refractivity contribution in [3.8, 4) is 11.1 Å². The monoisotopic (exact) mass is 432 g/mol. The average molecular weight is 434 g/mol. The molecular formula is C19H18BrClN4O. The molecule has 0 aliphatic carbocycles. The largest absolute Gasteiger partial charge is 0.375 e. The Balaban J connectivity index is 1.78. The van der Waals surface area contributed by atoms with Crippen molar-refractivity contribution in [2.24, 2.45) is 7.05 Å². The number of rotatable bonds is 5. The summed E-state index contributed by atoms with van der Waals surface area (Å²) >= 11 is 9.54. The lowest BCUT2D eigenvalue weighted by Gasteiger charge is -2.11. The average Bonchev–Trinajstić information content (AvgIpc) is 2.88. The molecule has 1 heterocycles. The highest BCUT2D eigenvalue weighted by Crippen LogP contribution is 2.31. The van der Waals surface area contributed by atoms with Gasteiger partial charge in [0.15, 0.2) is 0 Å². The van der Waals surface area contributed by atoms with Crippen LogP contribution in [-0.4, -0.2) is 22.2 Å². The van der Waals surface area contributed by atoms with Crippen molar-refractivity contribution in [1.29, 1.82) is 0 Å². The van der Waals surface area contributed by atoms with E-state index in [1.807, 2.05) is 56.4 Å². The van der Waals surface area contributed by atoms with Crippen LogP contribution in [0.15, 0.2) is 53.0 Å². The Labute approximate surface area is 165 Å². The molecule has 0 bridgehead atoms. The zero-order chi connectivity index (χ0) is 18.7. The van der Waals surface area contributed by atoms with Gasteiger partial charge in [-0.3, -0.25) is 9.48 Å². The molecule has 0 spiro atoms. The fraction of sp³-hybridized carbons (Fsp3) is 0.158. The molecule has 0 atom stereocenters. The van der Waals surface area contributed by atoms with E-state index in [4.69, 9.17) is 11.6 Å². The lowest BCUT2D eigenvalue weighted by Crippen LogP contribution is -2.23. The molecular weight excluding hydrogens is 416 g/mol. The first-order valence-corrected chi connectivity index (χ1v) is 9.20. The van der Waals surface area contributed by atoms with Crippen molar-refractivity contribution in [2.75, 3.05) is 17.2 Å². The Morgan fingerprint density at radius 1 is 1.19 bits per heavy atom. The summed E-state index contributed by atoms with van der Waals surface area (Å²) in [5, 5.41) is 11.0. The van der Waals surface area contributed by atoms with Gasteiger partial charge in [-0.1, -0.05) is 51.8 Å². The molecule has 3 aromatic rings. The molecule has 0 fully saturated rings. The second-order valence-electron chi connectivity index (χ2n) is 5.82. The molecule has 0 aliphatic heterocycles. The molecule has 0 saturated carbocycles. The third-order valence-electron chi connectivity index (χ3n) is 3.93. The van der Waals surface area contributed by atoms with Crippen LogP contribution in [0.4, 0.5) is 11.5 Å². The van der Waals surface area contributed by atoms with Crippen molar-refractivity contribution in [3.63, 3.8) is 0 Å². The standard InChI is InChI=1S/C19H18BrClN4O/c1-12-18(13-7-9-14(20)10-8-13)19(25(2)24-12)23-17(26)11-22-16-6-4-3-5-15(16)21/h3-10,22H,11H2,1-2H3,(H,23,26). The number of hydrogen-bond donors (Lipinski definition) is 2. The van der Waals surface area contributed by atoms with Crippen LogP contribution in [0.2, 0.25) is 5.02 Å². The van der Waals surface area contributed by atoms with Crippen LogP contribution >= 0.6 is 27.5 Å². The first-order chi connectivity index (χ1) is 12.5. The smallest absolute Gasteiger partial charge is 0.244 e. The number of halogens is 2. The number of nitrogens with zero attached hydrogens (tertiary/aromatic N) is 2. The fourth-order valence-electron chi connectivity index (χ4n) is 2.72. The van der Waals surface area contributed by atoms with Gasteiger partial charge in [0.1, 0.15) is 5.82 Å². The summed E-state index contributed by atoms with van der Waals surface area (Å²) in [5.41, 5.74) is 3.47. The molecule has 1 amide bonds. The molecule has 7 heteroatoms. The number of anilines is 2. The minimum atomic E-state index is -0.175. The van der Waals surface area contributed by atoms with Crippen LogP contribution in [0, 0.1) is 6.92 Å². The van der Waals surface area contributed by atoms with Crippen LogP contribution < -0.4 is 10.6 Å². The van der Waals surface area contributed by atoms with Crippen molar-refractivity contribution >= 4 is 44.9 Å². The van der Waals surface area contributed by atoms with Crippen LogP contribution in [-0.2, 0) is 11.8 Å². The quantitative estimate of drug-likeness (QED) is 0.604. The summed E-state index contributed by atoms with van der Waals surface area (Å²) in [7, 11) is 1.81. The Morgan fingerprint density at radius 2 is 1.88 bits per heavy atom. The normalized spacial score (nSPS) is 10.6. The molecule has 2 N–H and O–H groups in total.